The summed E-state index contributed by atoms with van der Waals surface area (Å²) in [4.78, 5) is 4.85. The third-order valence-electron chi connectivity index (χ3n) is 7.30. The van der Waals surface area contributed by atoms with Crippen LogP contribution in [0.3, 0.4) is 0 Å². The first kappa shape index (κ1) is 24.9. The Morgan fingerprint density at radius 1 is 1.16 bits per heavy atom. The van der Waals surface area contributed by atoms with E-state index in [0.29, 0.717) is 17.3 Å². The molecule has 0 radical (unpaired) electrons. The number of halogens is 1. The zero-order valence-corrected chi connectivity index (χ0v) is 22.7. The molecule has 10 nitrogen and oxygen atoms in total. The van der Waals surface area contributed by atoms with Crippen molar-refractivity contribution in [1.29, 1.82) is 0 Å². The lowest BCUT2D eigenvalue weighted by Gasteiger charge is -2.20. The number of aryl methyl sites for hydroxylation is 3. The van der Waals surface area contributed by atoms with Crippen LogP contribution < -0.4 is 10.0 Å². The third kappa shape index (κ3) is 4.55. The van der Waals surface area contributed by atoms with Crippen LogP contribution in [0.5, 0.6) is 0 Å². The van der Waals surface area contributed by atoms with E-state index < -0.39 is 15.7 Å². The number of hydrogen-bond donors (Lipinski definition) is 2. The van der Waals surface area contributed by atoms with Crippen LogP contribution in [0.2, 0.25) is 0 Å². The van der Waals surface area contributed by atoms with Gasteiger partial charge in [0.1, 0.15) is 17.8 Å². The molecule has 0 aliphatic heterocycles. The normalized spacial score (nSPS) is 17.8. The molecule has 1 saturated carbocycles. The molecular formula is C26H31FN8O2S. The molecule has 12 heteroatoms. The first-order valence-corrected chi connectivity index (χ1v) is 14.3. The molecule has 1 aromatic carbocycles. The average molecular weight is 539 g/mol. The number of aromatic nitrogens is 6. The van der Waals surface area contributed by atoms with E-state index in [2.05, 4.69) is 25.3 Å². The van der Waals surface area contributed by atoms with Crippen LogP contribution in [0.4, 0.5) is 16.2 Å². The van der Waals surface area contributed by atoms with Gasteiger partial charge in [0.2, 0.25) is 16.0 Å². The third-order valence-corrected chi connectivity index (χ3v) is 8.74. The predicted molar refractivity (Wildman–Crippen MR) is 142 cm³/mol. The molecule has 0 amide bonds. The number of fused-ring (bicyclic) bond motifs is 3. The summed E-state index contributed by atoms with van der Waals surface area (Å²) in [6, 6.07) is 5.39. The maximum atomic E-state index is 14.3. The van der Waals surface area contributed by atoms with Crippen LogP contribution in [0.1, 0.15) is 67.6 Å². The molecule has 200 valence electrons. The van der Waals surface area contributed by atoms with E-state index in [1.165, 1.54) is 13.8 Å². The van der Waals surface area contributed by atoms with E-state index >= 15 is 0 Å². The lowest BCUT2D eigenvalue weighted by Crippen LogP contribution is -2.35. The smallest absolute Gasteiger partial charge is 0.241 e. The molecule has 0 unspecified atom stereocenters. The largest absolute Gasteiger partial charge is 0.309 e. The Bertz CT molecular complexity index is 1650. The highest BCUT2D eigenvalue weighted by Crippen LogP contribution is 2.44. The topological polar surface area (TPSA) is 120 Å². The molecule has 0 saturated heterocycles. The van der Waals surface area contributed by atoms with Crippen molar-refractivity contribution in [2.75, 3.05) is 11.9 Å². The monoisotopic (exact) mass is 538 g/mol. The molecule has 1 atom stereocenters. The molecule has 0 bridgehead atoms. The number of benzene rings is 1. The number of nitrogens with zero attached hydrogens (tertiary/aromatic N) is 6. The van der Waals surface area contributed by atoms with Gasteiger partial charge in [-0.3, -0.25) is 14.2 Å². The second-order valence-electron chi connectivity index (χ2n) is 11.0. The van der Waals surface area contributed by atoms with Gasteiger partial charge in [-0.1, -0.05) is 0 Å². The summed E-state index contributed by atoms with van der Waals surface area (Å²) < 4.78 is 47.6. The summed E-state index contributed by atoms with van der Waals surface area (Å²) in [5.74, 6) is 1.68. The van der Waals surface area contributed by atoms with Gasteiger partial charge in [0.15, 0.2) is 0 Å². The SMILES string of the molecule is Cc1cc(Nc2nncn2[C@H]2CCc3c2cc(S(=O)(=O)NCC(C)(C)F)c2cc(C4CC4)ncc32)n(C)n1. The summed E-state index contributed by atoms with van der Waals surface area (Å²) in [6.45, 7) is 4.30. The number of pyridine rings is 1. The molecule has 3 heterocycles. The van der Waals surface area contributed by atoms with E-state index in [4.69, 9.17) is 4.98 Å². The van der Waals surface area contributed by atoms with Gasteiger partial charge < -0.3 is 5.32 Å². The first-order valence-electron chi connectivity index (χ1n) is 12.8. The van der Waals surface area contributed by atoms with Gasteiger partial charge in [-0.2, -0.15) is 5.10 Å². The van der Waals surface area contributed by atoms with Gasteiger partial charge >= 0.3 is 0 Å². The maximum Gasteiger partial charge on any atom is 0.241 e. The quantitative estimate of drug-likeness (QED) is 0.347. The van der Waals surface area contributed by atoms with E-state index in [-0.39, 0.29) is 17.5 Å². The summed E-state index contributed by atoms with van der Waals surface area (Å²) in [7, 11) is -2.16. The molecule has 4 aromatic rings. The molecular weight excluding hydrogens is 507 g/mol. The molecule has 6 rings (SSSR count). The van der Waals surface area contributed by atoms with Crippen LogP contribution in [0, 0.1) is 6.92 Å². The fourth-order valence-corrected chi connectivity index (χ4v) is 6.68. The molecule has 2 aliphatic rings. The molecule has 0 spiro atoms. The fraction of sp³-hybridized carbons (Fsp3) is 0.462. The van der Waals surface area contributed by atoms with Crippen molar-refractivity contribution in [2.45, 2.75) is 69.0 Å². The van der Waals surface area contributed by atoms with Crippen molar-refractivity contribution in [3.8, 4) is 0 Å². The number of hydrogen-bond acceptors (Lipinski definition) is 7. The number of nitrogens with one attached hydrogen (secondary N) is 2. The molecule has 2 N–H and O–H groups in total. The highest BCUT2D eigenvalue weighted by atomic mass is 32.2. The number of alkyl halides is 1. The molecule has 2 aliphatic carbocycles. The Kier molecular flexibility index (Phi) is 5.80. The summed E-state index contributed by atoms with van der Waals surface area (Å²) in [6.07, 6.45) is 7.09. The fourth-order valence-electron chi connectivity index (χ4n) is 5.25. The van der Waals surface area contributed by atoms with Crippen molar-refractivity contribution >= 4 is 32.6 Å². The number of rotatable bonds is 8. The van der Waals surface area contributed by atoms with Crippen LogP contribution in [-0.4, -0.2) is 50.2 Å². The Morgan fingerprint density at radius 2 is 1.95 bits per heavy atom. The Balaban J connectivity index is 1.46. The lowest BCUT2D eigenvalue weighted by molar-refractivity contribution is 0.221. The second kappa shape index (κ2) is 8.84. The van der Waals surface area contributed by atoms with Crippen molar-refractivity contribution in [3.63, 3.8) is 0 Å². The Hall–Kier alpha value is -3.38. The van der Waals surface area contributed by atoms with Crippen LogP contribution >= 0.6 is 0 Å². The predicted octanol–water partition coefficient (Wildman–Crippen LogP) is 4.05. The Morgan fingerprint density at radius 3 is 2.63 bits per heavy atom. The van der Waals surface area contributed by atoms with Gasteiger partial charge in [0, 0.05) is 48.2 Å². The average Bonchev–Trinajstić information content (AvgIpc) is 3.33. The van der Waals surface area contributed by atoms with Gasteiger partial charge in [0.25, 0.3) is 0 Å². The summed E-state index contributed by atoms with van der Waals surface area (Å²) in [5.41, 5.74) is 2.04. The van der Waals surface area contributed by atoms with Gasteiger partial charge in [-0.15, -0.1) is 10.2 Å². The highest BCUT2D eigenvalue weighted by Gasteiger charge is 2.33. The maximum absolute atomic E-state index is 14.3. The van der Waals surface area contributed by atoms with E-state index in [1.54, 1.807) is 17.1 Å². The summed E-state index contributed by atoms with van der Waals surface area (Å²) in [5, 5.41) is 17.6. The van der Waals surface area contributed by atoms with Gasteiger partial charge in [0.05, 0.1) is 16.6 Å². The zero-order valence-electron chi connectivity index (χ0n) is 21.9. The minimum Gasteiger partial charge on any atom is -0.309 e. The Labute approximate surface area is 220 Å². The first-order chi connectivity index (χ1) is 18.0. The van der Waals surface area contributed by atoms with E-state index in [9.17, 15) is 12.8 Å². The molecule has 38 heavy (non-hydrogen) atoms. The lowest BCUT2D eigenvalue weighted by atomic mass is 10.00. The molecule has 3 aromatic heterocycles. The molecule has 1 fully saturated rings. The summed E-state index contributed by atoms with van der Waals surface area (Å²) >= 11 is 0. The van der Waals surface area contributed by atoms with E-state index in [0.717, 1.165) is 59.4 Å². The van der Waals surface area contributed by atoms with Crippen molar-refractivity contribution in [1.82, 2.24) is 34.3 Å². The van der Waals surface area contributed by atoms with Crippen molar-refractivity contribution in [2.24, 2.45) is 7.05 Å². The minimum absolute atomic E-state index is 0.150. The van der Waals surface area contributed by atoms with Crippen molar-refractivity contribution in [3.05, 3.63) is 53.2 Å². The highest BCUT2D eigenvalue weighted by molar-refractivity contribution is 7.89. The zero-order chi connectivity index (χ0) is 26.8. The standard InChI is InChI=1S/C26H31FN8O2S/c1-15-9-24(34(4)33-15)31-25-32-29-14-35(25)22-8-7-17-18(22)11-23(38(36,37)30-13-26(2,3)27)19-10-21(16-5-6-16)28-12-20(17)19/h9-12,14,16,22,30H,5-8,13H2,1-4H3,(H,31,32)/t22-/m0/s1. The van der Waals surface area contributed by atoms with Gasteiger partial charge in [-0.25, -0.2) is 17.5 Å². The van der Waals surface area contributed by atoms with Crippen molar-refractivity contribution < 1.29 is 12.8 Å². The van der Waals surface area contributed by atoms with E-state index in [1.807, 2.05) is 36.9 Å². The minimum atomic E-state index is -4.00. The van der Waals surface area contributed by atoms with Crippen LogP contribution in [0.15, 0.2) is 35.6 Å². The van der Waals surface area contributed by atoms with Gasteiger partial charge in [-0.05, 0) is 69.7 Å². The number of sulfonamides is 1. The van der Waals surface area contributed by atoms with Crippen LogP contribution in [-0.2, 0) is 23.5 Å². The number of anilines is 2. The second-order valence-corrected chi connectivity index (χ2v) is 12.7. The van der Waals surface area contributed by atoms with Crippen LogP contribution in [0.25, 0.3) is 10.8 Å².